The van der Waals surface area contributed by atoms with Gasteiger partial charge in [0.15, 0.2) is 0 Å². The van der Waals surface area contributed by atoms with Gasteiger partial charge in [-0.1, -0.05) is 0 Å². The Hall–Kier alpha value is -1.36. The molecule has 0 aliphatic carbocycles. The number of likely N-dealkylation sites (tertiary alicyclic amines) is 1. The fourth-order valence-electron chi connectivity index (χ4n) is 2.39. The quantitative estimate of drug-likeness (QED) is 0.852. The molecule has 2 rings (SSSR count). The van der Waals surface area contributed by atoms with Crippen LogP contribution >= 0.6 is 0 Å². The minimum absolute atomic E-state index is 0.516. The van der Waals surface area contributed by atoms with Gasteiger partial charge in [0, 0.05) is 24.3 Å². The average molecular weight is 264 g/mol. The molecule has 2 heterocycles. The van der Waals surface area contributed by atoms with Gasteiger partial charge in [-0.15, -0.1) is 0 Å². The summed E-state index contributed by atoms with van der Waals surface area (Å²) in [4.78, 5) is 11.3. The molecule has 0 bridgehead atoms. The van der Waals surface area contributed by atoms with Crippen molar-refractivity contribution in [2.75, 3.05) is 31.6 Å². The number of rotatable bonds is 6. The van der Waals surface area contributed by atoms with Crippen molar-refractivity contribution in [3.8, 4) is 5.88 Å². The maximum atomic E-state index is 5.43. The summed E-state index contributed by atoms with van der Waals surface area (Å²) in [5.74, 6) is 1.31. The number of hydrogen-bond donors (Lipinski definition) is 1. The third-order valence-electron chi connectivity index (χ3n) is 3.44. The number of nitrogens with zero attached hydrogens (tertiary/aromatic N) is 3. The van der Waals surface area contributed by atoms with Crippen molar-refractivity contribution < 1.29 is 4.74 Å². The summed E-state index contributed by atoms with van der Waals surface area (Å²) in [6.45, 7) is 10.1. The second-order valence-corrected chi connectivity index (χ2v) is 5.08. The summed E-state index contributed by atoms with van der Waals surface area (Å²) in [6, 6.07) is 2.38. The van der Waals surface area contributed by atoms with E-state index in [1.807, 2.05) is 19.9 Å². The highest BCUT2D eigenvalue weighted by molar-refractivity contribution is 5.30. The second kappa shape index (κ2) is 6.70. The van der Waals surface area contributed by atoms with Crippen LogP contribution in [0.2, 0.25) is 0 Å². The molecule has 1 aliphatic heterocycles. The molecule has 1 aromatic heterocycles. The van der Waals surface area contributed by atoms with Crippen molar-refractivity contribution in [1.29, 1.82) is 0 Å². The zero-order valence-corrected chi connectivity index (χ0v) is 12.1. The number of anilines is 1. The van der Waals surface area contributed by atoms with E-state index in [0.29, 0.717) is 24.5 Å². The first-order valence-corrected chi connectivity index (χ1v) is 7.15. The van der Waals surface area contributed by atoms with Crippen molar-refractivity contribution in [3.05, 3.63) is 11.8 Å². The molecule has 1 N–H and O–H groups in total. The first kappa shape index (κ1) is 14.1. The Balaban J connectivity index is 1.90. The Bertz CT molecular complexity index is 404. The molecule has 1 unspecified atom stereocenters. The predicted molar refractivity (Wildman–Crippen MR) is 76.7 cm³/mol. The molecule has 0 amide bonds. The lowest BCUT2D eigenvalue weighted by molar-refractivity contribution is 0.268. The lowest BCUT2D eigenvalue weighted by Crippen LogP contribution is -2.35. The SMILES string of the molecule is CCOc1cc(C)nc(NCC(C)N2CCCC2)n1. The third kappa shape index (κ3) is 4.06. The molecule has 0 spiro atoms. The van der Waals surface area contributed by atoms with Crippen LogP contribution in [0.4, 0.5) is 5.95 Å². The summed E-state index contributed by atoms with van der Waals surface area (Å²) in [5, 5.41) is 3.32. The molecule has 1 saturated heterocycles. The Morgan fingerprint density at radius 3 is 2.79 bits per heavy atom. The van der Waals surface area contributed by atoms with Gasteiger partial charge in [0.2, 0.25) is 11.8 Å². The van der Waals surface area contributed by atoms with Crippen LogP contribution in [0.5, 0.6) is 5.88 Å². The Morgan fingerprint density at radius 2 is 2.11 bits per heavy atom. The van der Waals surface area contributed by atoms with E-state index in [9.17, 15) is 0 Å². The van der Waals surface area contributed by atoms with Crippen molar-refractivity contribution >= 4 is 5.95 Å². The summed E-state index contributed by atoms with van der Waals surface area (Å²) >= 11 is 0. The van der Waals surface area contributed by atoms with E-state index in [4.69, 9.17) is 4.74 Å². The van der Waals surface area contributed by atoms with Crippen LogP contribution in [0.25, 0.3) is 0 Å². The third-order valence-corrected chi connectivity index (χ3v) is 3.44. The lowest BCUT2D eigenvalue weighted by atomic mass is 10.3. The highest BCUT2D eigenvalue weighted by Gasteiger charge is 2.17. The summed E-state index contributed by atoms with van der Waals surface area (Å²) in [7, 11) is 0. The standard InChI is InChI=1S/C14H24N4O/c1-4-19-13-9-11(2)16-14(17-13)15-10-12(3)18-7-5-6-8-18/h9,12H,4-8,10H2,1-3H3,(H,15,16,17). The first-order valence-electron chi connectivity index (χ1n) is 7.15. The molecule has 0 aromatic carbocycles. The van der Waals surface area contributed by atoms with Gasteiger partial charge >= 0.3 is 0 Å². The summed E-state index contributed by atoms with van der Waals surface area (Å²) in [5.41, 5.74) is 0.926. The zero-order chi connectivity index (χ0) is 13.7. The van der Waals surface area contributed by atoms with E-state index in [1.54, 1.807) is 0 Å². The van der Waals surface area contributed by atoms with E-state index in [-0.39, 0.29) is 0 Å². The van der Waals surface area contributed by atoms with E-state index < -0.39 is 0 Å². The van der Waals surface area contributed by atoms with Gasteiger partial charge in [-0.05, 0) is 46.7 Å². The second-order valence-electron chi connectivity index (χ2n) is 5.08. The zero-order valence-electron chi connectivity index (χ0n) is 12.1. The molecule has 1 fully saturated rings. The minimum atomic E-state index is 0.516. The molecular formula is C14H24N4O. The molecule has 19 heavy (non-hydrogen) atoms. The molecule has 0 saturated carbocycles. The molecule has 1 aliphatic rings. The van der Waals surface area contributed by atoms with E-state index >= 15 is 0 Å². The van der Waals surface area contributed by atoms with Crippen molar-refractivity contribution in [3.63, 3.8) is 0 Å². The van der Waals surface area contributed by atoms with Gasteiger partial charge in [-0.25, -0.2) is 4.98 Å². The van der Waals surface area contributed by atoms with Crippen molar-refractivity contribution in [1.82, 2.24) is 14.9 Å². The predicted octanol–water partition coefficient (Wildman–Crippen LogP) is 2.08. The van der Waals surface area contributed by atoms with Gasteiger partial charge in [0.1, 0.15) is 0 Å². The lowest BCUT2D eigenvalue weighted by Gasteiger charge is -2.23. The maximum Gasteiger partial charge on any atom is 0.226 e. The van der Waals surface area contributed by atoms with Gasteiger partial charge in [0.05, 0.1) is 6.61 Å². The summed E-state index contributed by atoms with van der Waals surface area (Å²) in [6.07, 6.45) is 2.64. The van der Waals surface area contributed by atoms with Gasteiger partial charge < -0.3 is 10.1 Å². The number of aryl methyl sites for hydroxylation is 1. The Labute approximate surface area is 115 Å². The average Bonchev–Trinajstić information content (AvgIpc) is 2.89. The highest BCUT2D eigenvalue weighted by atomic mass is 16.5. The fraction of sp³-hybridized carbons (Fsp3) is 0.714. The monoisotopic (exact) mass is 264 g/mol. The summed E-state index contributed by atoms with van der Waals surface area (Å²) < 4.78 is 5.43. The molecule has 0 radical (unpaired) electrons. The van der Waals surface area contributed by atoms with Crippen LogP contribution in [0.1, 0.15) is 32.4 Å². The Morgan fingerprint density at radius 1 is 1.37 bits per heavy atom. The van der Waals surface area contributed by atoms with Crippen LogP contribution < -0.4 is 10.1 Å². The van der Waals surface area contributed by atoms with Gasteiger partial charge in [0.25, 0.3) is 0 Å². The van der Waals surface area contributed by atoms with Crippen LogP contribution in [0, 0.1) is 6.92 Å². The Kier molecular flexibility index (Phi) is 4.96. The molecule has 1 atom stereocenters. The van der Waals surface area contributed by atoms with Gasteiger partial charge in [-0.3, -0.25) is 4.90 Å². The van der Waals surface area contributed by atoms with Crippen molar-refractivity contribution in [2.45, 2.75) is 39.7 Å². The normalized spacial score (nSPS) is 17.4. The molecule has 1 aromatic rings. The largest absolute Gasteiger partial charge is 0.478 e. The van der Waals surface area contributed by atoms with E-state index in [1.165, 1.54) is 25.9 Å². The number of nitrogens with one attached hydrogen (secondary N) is 1. The van der Waals surface area contributed by atoms with Crippen LogP contribution in [0.15, 0.2) is 6.07 Å². The van der Waals surface area contributed by atoms with Crippen LogP contribution in [-0.4, -0.2) is 47.2 Å². The number of aromatic nitrogens is 2. The van der Waals surface area contributed by atoms with Crippen molar-refractivity contribution in [2.24, 2.45) is 0 Å². The topological polar surface area (TPSA) is 50.3 Å². The first-order chi connectivity index (χ1) is 9.19. The van der Waals surface area contributed by atoms with E-state index in [2.05, 4.69) is 27.1 Å². The molecule has 106 valence electrons. The van der Waals surface area contributed by atoms with Gasteiger partial charge in [-0.2, -0.15) is 4.98 Å². The fourth-order valence-corrected chi connectivity index (χ4v) is 2.39. The number of ether oxygens (including phenoxy) is 1. The molecular weight excluding hydrogens is 240 g/mol. The van der Waals surface area contributed by atoms with Crippen LogP contribution in [0.3, 0.4) is 0 Å². The molecule has 5 heteroatoms. The molecule has 5 nitrogen and oxygen atoms in total. The smallest absolute Gasteiger partial charge is 0.226 e. The number of hydrogen-bond acceptors (Lipinski definition) is 5. The maximum absolute atomic E-state index is 5.43. The highest BCUT2D eigenvalue weighted by Crippen LogP contribution is 2.14. The minimum Gasteiger partial charge on any atom is -0.478 e. The van der Waals surface area contributed by atoms with E-state index in [0.717, 1.165) is 12.2 Å². The van der Waals surface area contributed by atoms with Crippen LogP contribution in [-0.2, 0) is 0 Å².